The van der Waals surface area contributed by atoms with Crippen molar-refractivity contribution in [3.63, 3.8) is 0 Å². The van der Waals surface area contributed by atoms with E-state index < -0.39 is 0 Å². The summed E-state index contributed by atoms with van der Waals surface area (Å²) in [7, 11) is 2.20. The summed E-state index contributed by atoms with van der Waals surface area (Å²) in [4.78, 5) is 2.46. The Morgan fingerprint density at radius 3 is 2.59 bits per heavy atom. The molecular formula is C14H27N3. The molecule has 0 aromatic heterocycles. The molecule has 0 aliphatic heterocycles. The molecule has 0 spiro atoms. The van der Waals surface area contributed by atoms with Gasteiger partial charge in [-0.3, -0.25) is 10.2 Å². The molecule has 2 unspecified atom stereocenters. The van der Waals surface area contributed by atoms with E-state index in [1.54, 1.807) is 0 Å². The summed E-state index contributed by atoms with van der Waals surface area (Å²) in [6, 6.07) is 3.03. The van der Waals surface area contributed by atoms with Crippen molar-refractivity contribution in [1.29, 1.82) is 5.26 Å². The molecule has 1 aliphatic rings. The van der Waals surface area contributed by atoms with Crippen LogP contribution in [0.4, 0.5) is 0 Å². The van der Waals surface area contributed by atoms with Crippen LogP contribution in [0.15, 0.2) is 0 Å². The monoisotopic (exact) mass is 237 g/mol. The zero-order valence-electron chi connectivity index (χ0n) is 12.0. The van der Waals surface area contributed by atoms with E-state index in [1.807, 2.05) is 0 Å². The Morgan fingerprint density at radius 1 is 1.47 bits per heavy atom. The number of hydrogen-bond acceptors (Lipinski definition) is 3. The highest BCUT2D eigenvalue weighted by Gasteiger charge is 2.42. The molecule has 0 heterocycles. The lowest BCUT2D eigenvalue weighted by Gasteiger charge is -2.39. The van der Waals surface area contributed by atoms with Crippen LogP contribution in [0, 0.1) is 11.3 Å². The van der Waals surface area contributed by atoms with Crippen molar-refractivity contribution in [2.45, 2.75) is 70.5 Å². The lowest BCUT2D eigenvalue weighted by Crippen LogP contribution is -2.48. The predicted octanol–water partition coefficient (Wildman–Crippen LogP) is 2.53. The maximum atomic E-state index is 9.38. The minimum Gasteiger partial charge on any atom is -0.300 e. The molecular weight excluding hydrogens is 210 g/mol. The topological polar surface area (TPSA) is 39.1 Å². The Hall–Kier alpha value is -0.590. The van der Waals surface area contributed by atoms with Crippen molar-refractivity contribution in [2.24, 2.45) is 0 Å². The Balaban J connectivity index is 2.70. The summed E-state index contributed by atoms with van der Waals surface area (Å²) in [6.07, 6.45) is 4.20. The Morgan fingerprint density at radius 2 is 2.12 bits per heavy atom. The second-order valence-electron chi connectivity index (χ2n) is 5.90. The fourth-order valence-electron chi connectivity index (χ4n) is 2.73. The third-order valence-corrected chi connectivity index (χ3v) is 4.59. The molecule has 3 nitrogen and oxygen atoms in total. The first-order valence-corrected chi connectivity index (χ1v) is 6.80. The van der Waals surface area contributed by atoms with E-state index in [2.05, 4.69) is 51.0 Å². The van der Waals surface area contributed by atoms with E-state index in [4.69, 9.17) is 0 Å². The van der Waals surface area contributed by atoms with Gasteiger partial charge >= 0.3 is 0 Å². The van der Waals surface area contributed by atoms with Gasteiger partial charge in [-0.25, -0.2) is 0 Å². The molecule has 17 heavy (non-hydrogen) atoms. The molecule has 0 amide bonds. The van der Waals surface area contributed by atoms with Crippen LogP contribution in [0.2, 0.25) is 0 Å². The molecule has 3 heteroatoms. The summed E-state index contributed by atoms with van der Waals surface area (Å²) in [5.74, 6) is 0. The fraction of sp³-hybridized carbons (Fsp3) is 0.929. The molecule has 1 fully saturated rings. The van der Waals surface area contributed by atoms with Gasteiger partial charge in [-0.05, 0) is 53.1 Å². The van der Waals surface area contributed by atoms with Gasteiger partial charge in [0.1, 0.15) is 5.54 Å². The van der Waals surface area contributed by atoms with E-state index >= 15 is 0 Å². The van der Waals surface area contributed by atoms with Crippen LogP contribution in [0.3, 0.4) is 0 Å². The van der Waals surface area contributed by atoms with E-state index in [1.165, 1.54) is 0 Å². The van der Waals surface area contributed by atoms with Crippen molar-refractivity contribution >= 4 is 0 Å². The van der Waals surface area contributed by atoms with Crippen molar-refractivity contribution < 1.29 is 0 Å². The van der Waals surface area contributed by atoms with E-state index in [9.17, 15) is 5.26 Å². The number of hydrogen-bond donors (Lipinski definition) is 1. The minimum atomic E-state index is -0.280. The highest BCUT2D eigenvalue weighted by atomic mass is 15.2. The first kappa shape index (κ1) is 14.5. The number of nitrogens with zero attached hydrogens (tertiary/aromatic N) is 2. The SMILES string of the molecule is CCNC1(C#N)CCC(N(C)C(C)(C)CC)C1. The Labute approximate surface area is 106 Å². The predicted molar refractivity (Wildman–Crippen MR) is 71.8 cm³/mol. The average molecular weight is 237 g/mol. The smallest absolute Gasteiger partial charge is 0.108 e. The molecule has 2 atom stereocenters. The zero-order valence-corrected chi connectivity index (χ0v) is 12.0. The van der Waals surface area contributed by atoms with Gasteiger partial charge in [0.2, 0.25) is 0 Å². The van der Waals surface area contributed by atoms with Crippen LogP contribution in [0.5, 0.6) is 0 Å². The highest BCUT2D eigenvalue weighted by molar-refractivity contribution is 5.13. The third kappa shape index (κ3) is 3.00. The van der Waals surface area contributed by atoms with Gasteiger partial charge in [0.15, 0.2) is 0 Å². The number of nitriles is 1. The second-order valence-corrected chi connectivity index (χ2v) is 5.90. The fourth-order valence-corrected chi connectivity index (χ4v) is 2.73. The second kappa shape index (κ2) is 5.37. The maximum Gasteiger partial charge on any atom is 0.108 e. The molecule has 1 aliphatic carbocycles. The Bertz CT molecular complexity index is 292. The van der Waals surface area contributed by atoms with E-state index in [-0.39, 0.29) is 11.1 Å². The third-order valence-electron chi connectivity index (χ3n) is 4.59. The highest BCUT2D eigenvalue weighted by Crippen LogP contribution is 2.35. The van der Waals surface area contributed by atoms with Crippen LogP contribution in [0.25, 0.3) is 0 Å². The van der Waals surface area contributed by atoms with Gasteiger partial charge in [-0.2, -0.15) is 5.26 Å². The summed E-state index contributed by atoms with van der Waals surface area (Å²) in [5, 5.41) is 12.8. The lowest BCUT2D eigenvalue weighted by atomic mass is 9.95. The summed E-state index contributed by atoms with van der Waals surface area (Å²) >= 11 is 0. The maximum absolute atomic E-state index is 9.38. The van der Waals surface area contributed by atoms with Crippen molar-refractivity contribution in [2.75, 3.05) is 13.6 Å². The molecule has 0 radical (unpaired) electrons. The van der Waals surface area contributed by atoms with Gasteiger partial charge in [0.25, 0.3) is 0 Å². The minimum absolute atomic E-state index is 0.225. The van der Waals surface area contributed by atoms with Crippen molar-refractivity contribution in [3.8, 4) is 6.07 Å². The van der Waals surface area contributed by atoms with Gasteiger partial charge in [0, 0.05) is 11.6 Å². The Kier molecular flexibility index (Phi) is 4.57. The quantitative estimate of drug-likeness (QED) is 0.798. The lowest BCUT2D eigenvalue weighted by molar-refractivity contribution is 0.0967. The van der Waals surface area contributed by atoms with Gasteiger partial charge < -0.3 is 0 Å². The van der Waals surface area contributed by atoms with E-state index in [0.29, 0.717) is 6.04 Å². The molecule has 0 bridgehead atoms. The molecule has 1 N–H and O–H groups in total. The normalized spacial score (nSPS) is 29.6. The molecule has 0 aromatic carbocycles. The van der Waals surface area contributed by atoms with Crippen LogP contribution < -0.4 is 5.32 Å². The number of nitrogens with one attached hydrogen (secondary N) is 1. The van der Waals surface area contributed by atoms with Gasteiger partial charge in [-0.15, -0.1) is 0 Å². The molecule has 98 valence electrons. The summed E-state index contributed by atoms with van der Waals surface area (Å²) in [5.41, 5.74) is -0.0556. The molecule has 0 saturated heterocycles. The largest absolute Gasteiger partial charge is 0.300 e. The molecule has 1 saturated carbocycles. The van der Waals surface area contributed by atoms with Gasteiger partial charge in [-0.1, -0.05) is 13.8 Å². The van der Waals surface area contributed by atoms with Crippen LogP contribution in [0.1, 0.15) is 53.4 Å². The van der Waals surface area contributed by atoms with Crippen LogP contribution >= 0.6 is 0 Å². The summed E-state index contributed by atoms with van der Waals surface area (Å²) < 4.78 is 0. The molecule has 0 aromatic rings. The first-order chi connectivity index (χ1) is 7.90. The van der Waals surface area contributed by atoms with Crippen molar-refractivity contribution in [1.82, 2.24) is 10.2 Å². The van der Waals surface area contributed by atoms with Gasteiger partial charge in [0.05, 0.1) is 6.07 Å². The first-order valence-electron chi connectivity index (χ1n) is 6.80. The van der Waals surface area contributed by atoms with E-state index in [0.717, 1.165) is 32.2 Å². The molecule has 1 rings (SSSR count). The van der Waals surface area contributed by atoms with Crippen LogP contribution in [-0.2, 0) is 0 Å². The van der Waals surface area contributed by atoms with Crippen molar-refractivity contribution in [3.05, 3.63) is 0 Å². The number of rotatable bonds is 5. The van der Waals surface area contributed by atoms with Crippen LogP contribution in [-0.4, -0.2) is 35.6 Å². The summed E-state index contributed by atoms with van der Waals surface area (Å²) in [6.45, 7) is 9.75. The average Bonchev–Trinajstić information content (AvgIpc) is 2.73. The zero-order chi connectivity index (χ0) is 13.1. The standard InChI is InChI=1S/C14H27N3/c1-6-13(3,4)17(5)12-8-9-14(10-12,11-15)16-7-2/h12,16H,6-10H2,1-5H3.